The van der Waals surface area contributed by atoms with Crippen LogP contribution in [0.25, 0.3) is 0 Å². The fraction of sp³-hybridized carbons (Fsp3) is 0.938. The van der Waals surface area contributed by atoms with E-state index >= 15 is 0 Å². The summed E-state index contributed by atoms with van der Waals surface area (Å²) in [6, 6.07) is 0. The normalized spacial score (nSPS) is 24.7. The molecule has 0 aromatic rings. The van der Waals surface area contributed by atoms with Gasteiger partial charge in [-0.3, -0.25) is 4.79 Å². The molecule has 2 aliphatic rings. The van der Waals surface area contributed by atoms with Gasteiger partial charge >= 0.3 is 0 Å². The molecule has 3 nitrogen and oxygen atoms in total. The van der Waals surface area contributed by atoms with Gasteiger partial charge in [0.05, 0.1) is 5.60 Å². The molecular weight excluding hydrogens is 238 g/mol. The van der Waals surface area contributed by atoms with Crippen LogP contribution < -0.4 is 0 Å². The first kappa shape index (κ1) is 14.8. The molecule has 2 saturated carbocycles. The summed E-state index contributed by atoms with van der Waals surface area (Å²) in [5, 5.41) is 10.4. The zero-order chi connectivity index (χ0) is 13.7. The van der Waals surface area contributed by atoms with Crippen LogP contribution in [0.1, 0.15) is 70.6 Å². The summed E-state index contributed by atoms with van der Waals surface area (Å²) >= 11 is 0. The van der Waals surface area contributed by atoms with Crippen molar-refractivity contribution in [3.8, 4) is 0 Å². The van der Waals surface area contributed by atoms with Crippen LogP contribution in [0.4, 0.5) is 0 Å². The van der Waals surface area contributed by atoms with E-state index in [0.29, 0.717) is 6.54 Å². The Labute approximate surface area is 117 Å². The predicted octanol–water partition coefficient (Wildman–Crippen LogP) is 3.11. The minimum absolute atomic E-state index is 0.204. The minimum atomic E-state index is -0.605. The highest BCUT2D eigenvalue weighted by Gasteiger charge is 2.34. The number of hydrogen-bond donors (Lipinski definition) is 1. The average Bonchev–Trinajstić information content (AvgIpc) is 2.74. The Morgan fingerprint density at radius 3 is 2.16 bits per heavy atom. The van der Waals surface area contributed by atoms with Gasteiger partial charge in [-0.2, -0.15) is 0 Å². The molecule has 0 radical (unpaired) electrons. The average molecular weight is 267 g/mol. The molecule has 2 fully saturated rings. The van der Waals surface area contributed by atoms with Gasteiger partial charge < -0.3 is 10.0 Å². The smallest absolute Gasteiger partial charge is 0.225 e. The van der Waals surface area contributed by atoms with Crippen molar-refractivity contribution in [2.24, 2.45) is 5.92 Å². The van der Waals surface area contributed by atoms with Gasteiger partial charge in [-0.05, 0) is 25.7 Å². The molecule has 0 aliphatic heterocycles. The molecule has 0 bridgehead atoms. The van der Waals surface area contributed by atoms with Gasteiger partial charge in [0, 0.05) is 19.5 Å². The lowest BCUT2D eigenvalue weighted by atomic mass is 9.90. The molecule has 3 heteroatoms. The van der Waals surface area contributed by atoms with Crippen molar-refractivity contribution in [2.45, 2.75) is 76.2 Å². The highest BCUT2D eigenvalue weighted by molar-refractivity contribution is 5.78. The highest BCUT2D eigenvalue weighted by atomic mass is 16.3. The number of carbonyl (C=O) groups is 1. The number of aliphatic hydroxyl groups is 1. The first-order valence-corrected chi connectivity index (χ1v) is 8.08. The molecule has 2 rings (SSSR count). The molecule has 110 valence electrons. The minimum Gasteiger partial charge on any atom is -0.388 e. The monoisotopic (exact) mass is 267 g/mol. The van der Waals surface area contributed by atoms with E-state index in [1.54, 1.807) is 4.90 Å². The van der Waals surface area contributed by atoms with Crippen LogP contribution in [0, 0.1) is 5.92 Å². The van der Waals surface area contributed by atoms with Gasteiger partial charge in [-0.25, -0.2) is 0 Å². The van der Waals surface area contributed by atoms with Crippen LogP contribution in [-0.4, -0.2) is 35.1 Å². The van der Waals surface area contributed by atoms with E-state index < -0.39 is 5.60 Å². The Balaban J connectivity index is 1.86. The Bertz CT molecular complexity index is 289. The third kappa shape index (κ3) is 4.20. The maximum Gasteiger partial charge on any atom is 0.225 e. The van der Waals surface area contributed by atoms with E-state index in [4.69, 9.17) is 0 Å². The van der Waals surface area contributed by atoms with E-state index in [9.17, 15) is 9.90 Å². The zero-order valence-electron chi connectivity index (χ0n) is 12.4. The van der Waals surface area contributed by atoms with Crippen LogP contribution in [0.5, 0.6) is 0 Å². The second-order valence-electron chi connectivity index (χ2n) is 6.67. The molecule has 0 aromatic carbocycles. The Morgan fingerprint density at radius 2 is 1.58 bits per heavy atom. The van der Waals surface area contributed by atoms with Crippen LogP contribution in [0.15, 0.2) is 0 Å². The van der Waals surface area contributed by atoms with Crippen molar-refractivity contribution in [1.29, 1.82) is 0 Å². The SMILES string of the molecule is CN(CC1(O)CCCC1)C(=O)C1CCCCCCC1. The van der Waals surface area contributed by atoms with Gasteiger partial charge in [0.15, 0.2) is 0 Å². The third-order valence-electron chi connectivity index (χ3n) is 4.90. The van der Waals surface area contributed by atoms with Crippen LogP contribution in [0.3, 0.4) is 0 Å². The third-order valence-corrected chi connectivity index (χ3v) is 4.90. The lowest BCUT2D eigenvalue weighted by Gasteiger charge is -2.31. The van der Waals surface area contributed by atoms with Crippen LogP contribution in [-0.2, 0) is 4.79 Å². The predicted molar refractivity (Wildman–Crippen MR) is 76.9 cm³/mol. The Hall–Kier alpha value is -0.570. The van der Waals surface area contributed by atoms with E-state index in [2.05, 4.69) is 0 Å². The molecule has 0 unspecified atom stereocenters. The van der Waals surface area contributed by atoms with Gasteiger partial charge in [0.1, 0.15) is 0 Å². The Kier molecular flexibility index (Phi) is 5.26. The quantitative estimate of drug-likeness (QED) is 0.853. The second-order valence-corrected chi connectivity index (χ2v) is 6.67. The van der Waals surface area contributed by atoms with E-state index in [1.165, 1.54) is 32.1 Å². The van der Waals surface area contributed by atoms with E-state index in [-0.39, 0.29) is 11.8 Å². The van der Waals surface area contributed by atoms with Crippen molar-refractivity contribution in [1.82, 2.24) is 4.90 Å². The van der Waals surface area contributed by atoms with Crippen molar-refractivity contribution < 1.29 is 9.90 Å². The summed E-state index contributed by atoms with van der Waals surface area (Å²) in [5.41, 5.74) is -0.605. The molecular formula is C16H29NO2. The molecule has 1 amide bonds. The number of amides is 1. The fourth-order valence-electron chi connectivity index (χ4n) is 3.73. The highest BCUT2D eigenvalue weighted by Crippen LogP contribution is 2.31. The lowest BCUT2D eigenvalue weighted by Crippen LogP contribution is -2.44. The first-order chi connectivity index (χ1) is 9.11. The van der Waals surface area contributed by atoms with Crippen molar-refractivity contribution >= 4 is 5.91 Å². The van der Waals surface area contributed by atoms with Crippen LogP contribution >= 0.6 is 0 Å². The zero-order valence-corrected chi connectivity index (χ0v) is 12.4. The summed E-state index contributed by atoms with van der Waals surface area (Å²) in [4.78, 5) is 14.3. The topological polar surface area (TPSA) is 40.5 Å². The number of nitrogens with zero attached hydrogens (tertiary/aromatic N) is 1. The molecule has 1 N–H and O–H groups in total. The fourth-order valence-corrected chi connectivity index (χ4v) is 3.73. The van der Waals surface area contributed by atoms with Crippen LogP contribution in [0.2, 0.25) is 0 Å². The molecule has 0 spiro atoms. The number of hydrogen-bond acceptors (Lipinski definition) is 2. The van der Waals surface area contributed by atoms with Crippen molar-refractivity contribution in [2.75, 3.05) is 13.6 Å². The van der Waals surface area contributed by atoms with E-state index in [0.717, 1.165) is 38.5 Å². The summed E-state index contributed by atoms with van der Waals surface area (Å²) in [6.45, 7) is 0.530. The summed E-state index contributed by atoms with van der Waals surface area (Å²) in [6.07, 6.45) is 12.3. The molecule has 0 aromatic heterocycles. The van der Waals surface area contributed by atoms with E-state index in [1.807, 2.05) is 7.05 Å². The summed E-state index contributed by atoms with van der Waals surface area (Å²) in [7, 11) is 1.87. The molecule has 0 heterocycles. The van der Waals surface area contributed by atoms with Gasteiger partial charge in [-0.1, -0.05) is 44.9 Å². The number of likely N-dealkylation sites (N-methyl/N-ethyl adjacent to an activating group) is 1. The molecule has 0 saturated heterocycles. The van der Waals surface area contributed by atoms with Gasteiger partial charge in [0.2, 0.25) is 5.91 Å². The van der Waals surface area contributed by atoms with Crippen molar-refractivity contribution in [3.63, 3.8) is 0 Å². The Morgan fingerprint density at radius 1 is 1.05 bits per heavy atom. The largest absolute Gasteiger partial charge is 0.388 e. The molecule has 19 heavy (non-hydrogen) atoms. The standard InChI is InChI=1S/C16H29NO2/c1-17(13-16(19)11-7-8-12-16)15(18)14-9-5-3-2-4-6-10-14/h14,19H,2-13H2,1H3. The molecule has 0 atom stereocenters. The lowest BCUT2D eigenvalue weighted by molar-refractivity contribution is -0.138. The summed E-state index contributed by atoms with van der Waals surface area (Å²) in [5.74, 6) is 0.470. The maximum atomic E-state index is 12.5. The first-order valence-electron chi connectivity index (χ1n) is 8.08. The number of rotatable bonds is 3. The second kappa shape index (κ2) is 6.74. The number of carbonyl (C=O) groups excluding carboxylic acids is 1. The molecule has 2 aliphatic carbocycles. The summed E-state index contributed by atoms with van der Waals surface area (Å²) < 4.78 is 0. The maximum absolute atomic E-state index is 12.5. The van der Waals surface area contributed by atoms with Gasteiger partial charge in [-0.15, -0.1) is 0 Å². The van der Waals surface area contributed by atoms with Crippen molar-refractivity contribution in [3.05, 3.63) is 0 Å². The van der Waals surface area contributed by atoms with Gasteiger partial charge in [0.25, 0.3) is 0 Å².